The van der Waals surface area contributed by atoms with Crippen molar-refractivity contribution in [3.8, 4) is 0 Å². The van der Waals surface area contributed by atoms with Gasteiger partial charge in [-0.3, -0.25) is 10.1 Å². The Bertz CT molecular complexity index is 713. The number of carbonyl (C=O) groups is 2. The first kappa shape index (κ1) is 16.3. The fourth-order valence-corrected chi connectivity index (χ4v) is 2.41. The summed E-state index contributed by atoms with van der Waals surface area (Å²) in [6, 6.07) is 5.50. The predicted molar refractivity (Wildman–Crippen MR) is 87.1 cm³/mol. The number of benzene rings is 1. The maximum atomic E-state index is 11.6. The Morgan fingerprint density at radius 1 is 1.45 bits per heavy atom. The minimum absolute atomic E-state index is 0.208. The Balaban J connectivity index is 2.06. The average Bonchev–Trinajstić information content (AvgIpc) is 2.83. The zero-order valence-corrected chi connectivity index (χ0v) is 13.4. The lowest BCUT2D eigenvalue weighted by atomic mass is 10.2. The molecule has 0 radical (unpaired) electrons. The molecular weight excluding hydrogens is 326 g/mol. The molecule has 1 N–H and O–H groups in total. The molecule has 0 bridgehead atoms. The second-order valence-electron chi connectivity index (χ2n) is 4.25. The zero-order chi connectivity index (χ0) is 16.1. The lowest BCUT2D eigenvalue weighted by Crippen LogP contribution is -2.19. The summed E-state index contributed by atoms with van der Waals surface area (Å²) in [6.45, 7) is 1.91. The van der Waals surface area contributed by atoms with Crippen LogP contribution in [0.4, 0.5) is 0 Å². The first-order valence-corrected chi connectivity index (χ1v) is 7.35. The van der Waals surface area contributed by atoms with E-state index in [1.54, 1.807) is 6.07 Å². The molecule has 1 aromatic carbocycles. The molecule has 1 aliphatic heterocycles. The Hall–Kier alpha value is -2.12. The van der Waals surface area contributed by atoms with Crippen molar-refractivity contribution < 1.29 is 14.3 Å². The summed E-state index contributed by atoms with van der Waals surface area (Å²) in [4.78, 5) is 22.9. The van der Waals surface area contributed by atoms with Gasteiger partial charge in [-0.2, -0.15) is 5.10 Å². The first-order chi connectivity index (χ1) is 10.5. The van der Waals surface area contributed by atoms with Gasteiger partial charge in [0.2, 0.25) is 0 Å². The Kier molecular flexibility index (Phi) is 5.35. The number of carbonyl (C=O) groups excluding carboxylic acids is 2. The molecule has 22 heavy (non-hydrogen) atoms. The highest BCUT2D eigenvalue weighted by Gasteiger charge is 2.24. The van der Waals surface area contributed by atoms with E-state index < -0.39 is 11.9 Å². The molecule has 1 saturated heterocycles. The number of thioether (sulfide) groups is 1. The van der Waals surface area contributed by atoms with Crippen LogP contribution < -0.4 is 5.32 Å². The van der Waals surface area contributed by atoms with Crippen LogP contribution in [0.5, 0.6) is 0 Å². The number of methoxy groups -OCH3 is 1. The van der Waals surface area contributed by atoms with E-state index in [1.165, 1.54) is 13.3 Å². The zero-order valence-electron chi connectivity index (χ0n) is 11.8. The molecule has 6 nitrogen and oxygen atoms in total. The number of aryl methyl sites for hydroxylation is 1. The van der Waals surface area contributed by atoms with Crippen LogP contribution >= 0.6 is 23.4 Å². The van der Waals surface area contributed by atoms with Crippen molar-refractivity contribution in [3.63, 3.8) is 0 Å². The van der Waals surface area contributed by atoms with Crippen molar-refractivity contribution in [2.45, 2.75) is 6.92 Å². The van der Waals surface area contributed by atoms with Crippen LogP contribution in [0, 0.1) is 6.92 Å². The molecule has 1 heterocycles. The highest BCUT2D eigenvalue weighted by atomic mass is 35.5. The lowest BCUT2D eigenvalue weighted by molar-refractivity contribution is -0.135. The molecule has 0 atom stereocenters. The quantitative estimate of drug-likeness (QED) is 0.397. The van der Waals surface area contributed by atoms with Crippen LogP contribution in [0.25, 0.3) is 0 Å². The number of esters is 1. The summed E-state index contributed by atoms with van der Waals surface area (Å²) in [5, 5.41) is 11.2. The van der Waals surface area contributed by atoms with Crippen molar-refractivity contribution >= 4 is 46.6 Å². The SMILES string of the molecule is COC(=O)/C=C1/S/C(=N\N=Cc2ccc(C)c(Cl)c2)NC1=O. The average molecular weight is 338 g/mol. The third kappa shape index (κ3) is 4.19. The molecular formula is C14H12ClN3O3S. The molecule has 1 aliphatic rings. The third-order valence-electron chi connectivity index (χ3n) is 2.65. The number of halogens is 1. The van der Waals surface area contributed by atoms with Crippen molar-refractivity contribution in [2.75, 3.05) is 7.11 Å². The van der Waals surface area contributed by atoms with Crippen LogP contribution in [0.3, 0.4) is 0 Å². The van der Waals surface area contributed by atoms with Crippen molar-refractivity contribution in [2.24, 2.45) is 10.2 Å². The van der Waals surface area contributed by atoms with Gasteiger partial charge in [-0.1, -0.05) is 23.7 Å². The van der Waals surface area contributed by atoms with E-state index in [0.717, 1.165) is 29.0 Å². The normalized spacial score (nSPS) is 18.2. The molecule has 0 aromatic heterocycles. The minimum Gasteiger partial charge on any atom is -0.466 e. The second kappa shape index (κ2) is 7.24. The van der Waals surface area contributed by atoms with Gasteiger partial charge in [-0.05, 0) is 35.9 Å². The van der Waals surface area contributed by atoms with Crippen LogP contribution in [0.15, 0.2) is 39.4 Å². The molecule has 2 rings (SSSR count). The topological polar surface area (TPSA) is 80.1 Å². The van der Waals surface area contributed by atoms with E-state index in [2.05, 4.69) is 20.3 Å². The molecule has 0 saturated carbocycles. The Labute approximate surface area is 136 Å². The summed E-state index contributed by atoms with van der Waals surface area (Å²) in [5.74, 6) is -1.01. The number of nitrogens with zero attached hydrogens (tertiary/aromatic N) is 2. The van der Waals surface area contributed by atoms with E-state index in [9.17, 15) is 9.59 Å². The predicted octanol–water partition coefficient (Wildman–Crippen LogP) is 2.26. The molecule has 0 aliphatic carbocycles. The molecule has 0 unspecified atom stereocenters. The maximum Gasteiger partial charge on any atom is 0.331 e. The largest absolute Gasteiger partial charge is 0.466 e. The number of hydrogen-bond donors (Lipinski definition) is 1. The molecule has 1 amide bonds. The molecule has 1 fully saturated rings. The van der Waals surface area contributed by atoms with Gasteiger partial charge in [-0.25, -0.2) is 4.79 Å². The summed E-state index contributed by atoms with van der Waals surface area (Å²) in [6.07, 6.45) is 2.62. The number of hydrogen-bond acceptors (Lipinski definition) is 6. The first-order valence-electron chi connectivity index (χ1n) is 6.15. The van der Waals surface area contributed by atoms with Crippen LogP contribution in [-0.4, -0.2) is 30.4 Å². The Morgan fingerprint density at radius 3 is 2.91 bits per heavy atom. The molecule has 114 valence electrons. The highest BCUT2D eigenvalue weighted by molar-refractivity contribution is 8.18. The van der Waals surface area contributed by atoms with Gasteiger partial charge >= 0.3 is 5.97 Å². The number of rotatable bonds is 3. The van der Waals surface area contributed by atoms with Gasteiger partial charge < -0.3 is 4.74 Å². The lowest BCUT2D eigenvalue weighted by Gasteiger charge is -1.97. The van der Waals surface area contributed by atoms with E-state index in [1.807, 2.05) is 19.1 Å². The van der Waals surface area contributed by atoms with Gasteiger partial charge in [0.25, 0.3) is 5.91 Å². The van der Waals surface area contributed by atoms with Crippen molar-refractivity contribution in [1.29, 1.82) is 0 Å². The van der Waals surface area contributed by atoms with E-state index in [-0.39, 0.29) is 10.1 Å². The second-order valence-corrected chi connectivity index (χ2v) is 5.68. The number of amidine groups is 1. The highest BCUT2D eigenvalue weighted by Crippen LogP contribution is 2.23. The smallest absolute Gasteiger partial charge is 0.331 e. The van der Waals surface area contributed by atoms with E-state index in [0.29, 0.717) is 5.02 Å². The fraction of sp³-hybridized carbons (Fsp3) is 0.143. The van der Waals surface area contributed by atoms with Crippen molar-refractivity contribution in [3.05, 3.63) is 45.3 Å². The van der Waals surface area contributed by atoms with Gasteiger partial charge in [0.15, 0.2) is 5.17 Å². The van der Waals surface area contributed by atoms with Crippen molar-refractivity contribution in [1.82, 2.24) is 5.32 Å². The van der Waals surface area contributed by atoms with Crippen LogP contribution in [0.1, 0.15) is 11.1 Å². The minimum atomic E-state index is -0.600. The molecule has 0 spiro atoms. The van der Waals surface area contributed by atoms with Gasteiger partial charge in [0.1, 0.15) is 0 Å². The van der Waals surface area contributed by atoms with Crippen LogP contribution in [-0.2, 0) is 14.3 Å². The summed E-state index contributed by atoms with van der Waals surface area (Å²) in [5.41, 5.74) is 1.76. The van der Waals surface area contributed by atoms with E-state index >= 15 is 0 Å². The Morgan fingerprint density at radius 2 is 2.23 bits per heavy atom. The van der Waals surface area contributed by atoms with E-state index in [4.69, 9.17) is 11.6 Å². The molecule has 8 heteroatoms. The van der Waals surface area contributed by atoms with Gasteiger partial charge in [0.05, 0.1) is 18.2 Å². The summed E-state index contributed by atoms with van der Waals surface area (Å²) < 4.78 is 4.46. The maximum absolute atomic E-state index is 11.6. The number of ether oxygens (including phenoxy) is 1. The molecule has 1 aromatic rings. The van der Waals surface area contributed by atoms with Gasteiger partial charge in [0, 0.05) is 11.1 Å². The summed E-state index contributed by atoms with van der Waals surface area (Å²) in [7, 11) is 1.24. The van der Waals surface area contributed by atoms with Crippen LogP contribution in [0.2, 0.25) is 5.02 Å². The third-order valence-corrected chi connectivity index (χ3v) is 3.96. The number of nitrogens with one attached hydrogen (secondary N) is 1. The summed E-state index contributed by atoms with van der Waals surface area (Å²) >= 11 is 7.02. The standard InChI is InChI=1S/C14H12ClN3O3S/c1-8-3-4-9(5-10(8)15)7-16-18-14-17-13(20)11(22-14)6-12(19)21-2/h3-7H,1-2H3,(H,17,18,20)/b11-6+,16-7?. The number of amides is 1. The monoisotopic (exact) mass is 337 g/mol. The fourth-order valence-electron chi connectivity index (χ4n) is 1.48. The van der Waals surface area contributed by atoms with Gasteiger partial charge in [-0.15, -0.1) is 5.10 Å².